The number of nitriles is 1. The predicted molar refractivity (Wildman–Crippen MR) is 52.0 cm³/mol. The summed E-state index contributed by atoms with van der Waals surface area (Å²) in [6.45, 7) is 3.91. The lowest BCUT2D eigenvalue weighted by atomic mass is 9.89. The molecule has 13 heavy (non-hydrogen) atoms. The van der Waals surface area contributed by atoms with Gasteiger partial charge in [0, 0.05) is 11.9 Å². The summed E-state index contributed by atoms with van der Waals surface area (Å²) in [6, 6.07) is 8.15. The second-order valence-corrected chi connectivity index (χ2v) is 3.82. The molecule has 0 fully saturated rings. The number of pyridine rings is 1. The normalized spacial score (nSPS) is 10.8. The van der Waals surface area contributed by atoms with E-state index < -0.39 is 0 Å². The van der Waals surface area contributed by atoms with Crippen LogP contribution in [0.25, 0.3) is 0 Å². The number of nitrogens with zero attached hydrogens (tertiary/aromatic N) is 2. The fraction of sp³-hybridized carbons (Fsp3) is 0.455. The summed E-state index contributed by atoms with van der Waals surface area (Å²) in [5.41, 5.74) is 0.822. The Kier molecular flexibility index (Phi) is 3.02. The zero-order valence-corrected chi connectivity index (χ0v) is 8.12. The Morgan fingerprint density at radius 2 is 2.23 bits per heavy atom. The number of hydrogen-bond donors (Lipinski definition) is 0. The summed E-state index contributed by atoms with van der Waals surface area (Å²) in [5.74, 6) is 0. The highest BCUT2D eigenvalue weighted by atomic mass is 14.7. The maximum absolute atomic E-state index is 8.80. The molecule has 0 spiro atoms. The molecule has 2 heteroatoms. The third kappa shape index (κ3) is 3.25. The average Bonchev–Trinajstić information content (AvgIpc) is 2.17. The number of aromatic nitrogens is 1. The molecule has 0 saturated heterocycles. The maximum Gasteiger partial charge on any atom is 0.0684 e. The molecular formula is C11H14N2. The number of hydrogen-bond acceptors (Lipinski definition) is 2. The quantitative estimate of drug-likeness (QED) is 0.706. The highest BCUT2D eigenvalue weighted by molar-refractivity contribution is 5.05. The van der Waals surface area contributed by atoms with Crippen molar-refractivity contribution in [1.82, 2.24) is 4.98 Å². The molecule has 0 atom stereocenters. The second-order valence-electron chi connectivity index (χ2n) is 3.82. The van der Waals surface area contributed by atoms with Gasteiger partial charge in [-0.2, -0.15) is 5.26 Å². The van der Waals surface area contributed by atoms with Gasteiger partial charge in [-0.05, 0) is 38.8 Å². The molecule has 0 unspecified atom stereocenters. The second kappa shape index (κ2) is 4.04. The minimum absolute atomic E-state index is 0.239. The van der Waals surface area contributed by atoms with Crippen molar-refractivity contribution in [1.29, 1.82) is 5.26 Å². The van der Waals surface area contributed by atoms with Gasteiger partial charge in [0.25, 0.3) is 0 Å². The van der Waals surface area contributed by atoms with Gasteiger partial charge in [-0.1, -0.05) is 6.07 Å². The lowest BCUT2D eigenvalue weighted by Crippen LogP contribution is -2.09. The van der Waals surface area contributed by atoms with E-state index in [1.807, 2.05) is 32.0 Å². The van der Waals surface area contributed by atoms with E-state index in [4.69, 9.17) is 5.26 Å². The van der Waals surface area contributed by atoms with Crippen LogP contribution in [-0.2, 0) is 6.42 Å². The van der Waals surface area contributed by atoms with Gasteiger partial charge in [0.1, 0.15) is 0 Å². The Bertz CT molecular complexity index is 296. The van der Waals surface area contributed by atoms with Crippen LogP contribution in [0.3, 0.4) is 0 Å². The van der Waals surface area contributed by atoms with Crippen molar-refractivity contribution in [2.75, 3.05) is 0 Å². The van der Waals surface area contributed by atoms with E-state index in [0.29, 0.717) is 0 Å². The SMILES string of the molecule is CC(C)(C#N)CCc1ccccn1. The molecule has 0 saturated carbocycles. The van der Waals surface area contributed by atoms with Gasteiger partial charge < -0.3 is 0 Å². The molecule has 1 aromatic rings. The van der Waals surface area contributed by atoms with E-state index in [2.05, 4.69) is 11.1 Å². The van der Waals surface area contributed by atoms with E-state index in [0.717, 1.165) is 18.5 Å². The van der Waals surface area contributed by atoms with Crippen LogP contribution in [0.4, 0.5) is 0 Å². The van der Waals surface area contributed by atoms with Crippen LogP contribution < -0.4 is 0 Å². The van der Waals surface area contributed by atoms with E-state index in [1.165, 1.54) is 0 Å². The van der Waals surface area contributed by atoms with Crippen molar-refractivity contribution < 1.29 is 0 Å². The Morgan fingerprint density at radius 3 is 2.77 bits per heavy atom. The van der Waals surface area contributed by atoms with Gasteiger partial charge in [0.15, 0.2) is 0 Å². The van der Waals surface area contributed by atoms with Crippen LogP contribution in [0.2, 0.25) is 0 Å². The monoisotopic (exact) mass is 174 g/mol. The topological polar surface area (TPSA) is 36.7 Å². The minimum atomic E-state index is -0.239. The number of rotatable bonds is 3. The van der Waals surface area contributed by atoms with Crippen LogP contribution in [0.1, 0.15) is 26.0 Å². The largest absolute Gasteiger partial charge is 0.261 e. The molecule has 0 aromatic carbocycles. The van der Waals surface area contributed by atoms with E-state index in [1.54, 1.807) is 6.20 Å². The first-order valence-corrected chi connectivity index (χ1v) is 4.45. The molecular weight excluding hydrogens is 160 g/mol. The molecule has 0 radical (unpaired) electrons. The van der Waals surface area contributed by atoms with Gasteiger partial charge in [-0.15, -0.1) is 0 Å². The lowest BCUT2D eigenvalue weighted by molar-refractivity contribution is 0.450. The van der Waals surface area contributed by atoms with E-state index >= 15 is 0 Å². The summed E-state index contributed by atoms with van der Waals surface area (Å²) < 4.78 is 0. The molecule has 0 aliphatic carbocycles. The molecule has 2 nitrogen and oxygen atoms in total. The van der Waals surface area contributed by atoms with Crippen molar-refractivity contribution in [2.45, 2.75) is 26.7 Å². The Morgan fingerprint density at radius 1 is 1.46 bits per heavy atom. The zero-order chi connectivity index (χ0) is 9.73. The van der Waals surface area contributed by atoms with Gasteiger partial charge in [0.05, 0.1) is 11.5 Å². The van der Waals surface area contributed by atoms with Gasteiger partial charge in [-0.25, -0.2) is 0 Å². The molecule has 0 bridgehead atoms. The van der Waals surface area contributed by atoms with Crippen molar-refractivity contribution in [3.8, 4) is 6.07 Å². The summed E-state index contributed by atoms with van der Waals surface area (Å²) in [6.07, 6.45) is 3.52. The Balaban J connectivity index is 2.50. The molecule has 68 valence electrons. The van der Waals surface area contributed by atoms with Crippen LogP contribution in [-0.4, -0.2) is 4.98 Å². The smallest absolute Gasteiger partial charge is 0.0684 e. The Labute approximate surface area is 79.2 Å². The summed E-state index contributed by atoms with van der Waals surface area (Å²) in [4.78, 5) is 4.21. The first-order valence-electron chi connectivity index (χ1n) is 4.45. The third-order valence-corrected chi connectivity index (χ3v) is 2.03. The third-order valence-electron chi connectivity index (χ3n) is 2.03. The molecule has 1 aromatic heterocycles. The first kappa shape index (κ1) is 9.73. The highest BCUT2D eigenvalue weighted by Gasteiger charge is 2.16. The van der Waals surface area contributed by atoms with Crippen molar-refractivity contribution in [2.24, 2.45) is 5.41 Å². The maximum atomic E-state index is 8.80. The fourth-order valence-corrected chi connectivity index (χ4v) is 1.04. The molecule has 0 amide bonds. The Hall–Kier alpha value is -1.36. The molecule has 1 rings (SSSR count). The van der Waals surface area contributed by atoms with Gasteiger partial charge in [0.2, 0.25) is 0 Å². The molecule has 1 heterocycles. The zero-order valence-electron chi connectivity index (χ0n) is 8.12. The van der Waals surface area contributed by atoms with Crippen molar-refractivity contribution >= 4 is 0 Å². The van der Waals surface area contributed by atoms with Crippen LogP contribution in [0.15, 0.2) is 24.4 Å². The average molecular weight is 174 g/mol. The van der Waals surface area contributed by atoms with Crippen molar-refractivity contribution in [3.63, 3.8) is 0 Å². The predicted octanol–water partition coefficient (Wildman–Crippen LogP) is 2.56. The molecule has 0 N–H and O–H groups in total. The van der Waals surface area contributed by atoms with Gasteiger partial charge >= 0.3 is 0 Å². The highest BCUT2D eigenvalue weighted by Crippen LogP contribution is 2.20. The first-order chi connectivity index (χ1) is 6.14. The van der Waals surface area contributed by atoms with Crippen molar-refractivity contribution in [3.05, 3.63) is 30.1 Å². The standard InChI is InChI=1S/C11H14N2/c1-11(2,9-12)7-6-10-5-3-4-8-13-10/h3-5,8H,6-7H2,1-2H3. The van der Waals surface area contributed by atoms with Gasteiger partial charge in [-0.3, -0.25) is 4.98 Å². The van der Waals surface area contributed by atoms with Crippen LogP contribution in [0.5, 0.6) is 0 Å². The summed E-state index contributed by atoms with van der Waals surface area (Å²) >= 11 is 0. The van der Waals surface area contributed by atoms with Crippen LogP contribution in [0, 0.1) is 16.7 Å². The van der Waals surface area contributed by atoms with E-state index in [-0.39, 0.29) is 5.41 Å². The summed E-state index contributed by atoms with van der Waals surface area (Å²) in [5, 5.41) is 8.80. The van der Waals surface area contributed by atoms with Crippen LogP contribution >= 0.6 is 0 Å². The summed E-state index contributed by atoms with van der Waals surface area (Å²) in [7, 11) is 0. The lowest BCUT2D eigenvalue weighted by Gasteiger charge is -2.13. The number of aryl methyl sites for hydroxylation is 1. The molecule has 0 aliphatic heterocycles. The minimum Gasteiger partial charge on any atom is -0.261 e. The fourth-order valence-electron chi connectivity index (χ4n) is 1.04. The molecule has 0 aliphatic rings. The van der Waals surface area contributed by atoms with E-state index in [9.17, 15) is 0 Å².